The third kappa shape index (κ3) is 3.28. The molecule has 7 aliphatic rings. The van der Waals surface area contributed by atoms with E-state index in [9.17, 15) is 9.59 Å². The molecular formula is C35H47NO4. The average molecular weight is 546 g/mol. The van der Waals surface area contributed by atoms with Crippen LogP contribution in [0.5, 0.6) is 0 Å². The van der Waals surface area contributed by atoms with Crippen molar-refractivity contribution in [3.8, 4) is 0 Å². The van der Waals surface area contributed by atoms with Crippen LogP contribution in [0.15, 0.2) is 24.3 Å². The van der Waals surface area contributed by atoms with Gasteiger partial charge in [0, 0.05) is 18.4 Å². The molecule has 0 bridgehead atoms. The number of carbonyl (C=O) groups excluding carboxylic acids is 2. The molecule has 3 aliphatic heterocycles. The first-order chi connectivity index (χ1) is 19.2. The van der Waals surface area contributed by atoms with Gasteiger partial charge in [0.1, 0.15) is 0 Å². The van der Waals surface area contributed by atoms with Crippen molar-refractivity contribution in [1.29, 1.82) is 0 Å². The molecule has 0 aromatic heterocycles. The van der Waals surface area contributed by atoms with Crippen molar-refractivity contribution in [2.45, 2.75) is 110 Å². The van der Waals surface area contributed by atoms with Gasteiger partial charge in [0.05, 0.1) is 23.8 Å². The average Bonchev–Trinajstić information content (AvgIpc) is 3.50. The van der Waals surface area contributed by atoms with Crippen LogP contribution in [0.25, 0.3) is 0 Å². The van der Waals surface area contributed by atoms with Crippen LogP contribution in [0.3, 0.4) is 0 Å². The van der Waals surface area contributed by atoms with Crippen LogP contribution in [-0.2, 0) is 9.47 Å². The molecule has 0 N–H and O–H groups in total. The van der Waals surface area contributed by atoms with E-state index in [0.29, 0.717) is 51.7 Å². The highest BCUT2D eigenvalue weighted by Gasteiger charge is 2.69. The van der Waals surface area contributed by atoms with Gasteiger partial charge < -0.3 is 9.47 Å². The van der Waals surface area contributed by atoms with Gasteiger partial charge in [-0.25, -0.2) is 0 Å². The van der Waals surface area contributed by atoms with Crippen LogP contribution >= 0.6 is 0 Å². The van der Waals surface area contributed by atoms with Gasteiger partial charge in [0.25, 0.3) is 11.8 Å². The molecule has 0 radical (unpaired) electrons. The number of ether oxygens (including phenoxy) is 2. The SMILES string of the molecule is C[C@H]1CC[C@@]2(OC1)O[C@H]1C[C@H]3[C@@H]4CC[C@@H]5C[C@@H](N6C(=O)c7ccccc7C6=O)CC[C@]5(C)[C@H]4CC[C@]3(C)[C@H]1[C@@H]2C. The molecule has 5 nitrogen and oxygen atoms in total. The summed E-state index contributed by atoms with van der Waals surface area (Å²) in [5.74, 6) is 4.12. The number of amides is 2. The topological polar surface area (TPSA) is 55.8 Å². The zero-order valence-corrected chi connectivity index (χ0v) is 24.9. The van der Waals surface area contributed by atoms with Crippen molar-refractivity contribution in [2.75, 3.05) is 6.61 Å². The van der Waals surface area contributed by atoms with Gasteiger partial charge in [-0.1, -0.05) is 39.8 Å². The second-order valence-electron chi connectivity index (χ2n) is 15.6. The van der Waals surface area contributed by atoms with E-state index in [0.717, 1.165) is 50.0 Å². The fraction of sp³-hybridized carbons (Fsp3) is 0.771. The molecule has 0 unspecified atom stereocenters. The quantitative estimate of drug-likeness (QED) is 0.353. The Balaban J connectivity index is 1.00. The van der Waals surface area contributed by atoms with Crippen molar-refractivity contribution < 1.29 is 19.1 Å². The Morgan fingerprint density at radius 2 is 1.55 bits per heavy atom. The molecule has 8 rings (SSSR count). The summed E-state index contributed by atoms with van der Waals surface area (Å²) in [4.78, 5) is 28.2. The summed E-state index contributed by atoms with van der Waals surface area (Å²) in [5.41, 5.74) is 1.85. The first-order valence-corrected chi connectivity index (χ1v) is 16.4. The lowest BCUT2D eigenvalue weighted by Crippen LogP contribution is -2.56. The zero-order valence-electron chi connectivity index (χ0n) is 24.9. The maximum Gasteiger partial charge on any atom is 0.261 e. The molecule has 2 amide bonds. The van der Waals surface area contributed by atoms with Crippen molar-refractivity contribution in [1.82, 2.24) is 4.90 Å². The standard InChI is InChI=1S/C35H47NO4/c1-20-11-16-35(39-19-20)21(2)30-29(40-35)18-28-26-10-9-22-17-23(12-14-33(22,3)27(26)13-15-34(28,30)4)36-31(37)24-7-5-6-8-25(24)32(36)38/h5-8,20-23,26-30H,9-19H2,1-4H3/t20-,21-,22+,23-,26+,27-,28-,29-,30-,33-,34-,35+/m0/s1. The van der Waals surface area contributed by atoms with Crippen LogP contribution in [0.2, 0.25) is 0 Å². The molecule has 12 atom stereocenters. The minimum atomic E-state index is -0.335. The maximum atomic E-state index is 13.3. The monoisotopic (exact) mass is 545 g/mol. The summed E-state index contributed by atoms with van der Waals surface area (Å²) in [6, 6.07) is 7.42. The van der Waals surface area contributed by atoms with Crippen molar-refractivity contribution >= 4 is 11.8 Å². The largest absolute Gasteiger partial charge is 0.349 e. The Kier molecular flexibility index (Phi) is 5.62. The number of imide groups is 1. The lowest BCUT2D eigenvalue weighted by molar-refractivity contribution is -0.273. The molecule has 4 saturated carbocycles. The van der Waals surface area contributed by atoms with Crippen molar-refractivity contribution in [2.24, 2.45) is 52.3 Å². The van der Waals surface area contributed by atoms with E-state index in [-0.39, 0.29) is 23.6 Å². The summed E-state index contributed by atoms with van der Waals surface area (Å²) in [6.45, 7) is 10.8. The number of benzene rings is 1. The van der Waals surface area contributed by atoms with Crippen LogP contribution < -0.4 is 0 Å². The maximum absolute atomic E-state index is 13.3. The molecular weight excluding hydrogens is 498 g/mol. The summed E-state index contributed by atoms with van der Waals surface area (Å²) in [7, 11) is 0. The van der Waals surface area contributed by atoms with E-state index in [1.807, 2.05) is 24.3 Å². The van der Waals surface area contributed by atoms with E-state index < -0.39 is 0 Å². The number of fused-ring (bicyclic) bond motifs is 8. The highest BCUT2D eigenvalue weighted by atomic mass is 16.7. The molecule has 6 fully saturated rings. The first kappa shape index (κ1) is 25.9. The minimum Gasteiger partial charge on any atom is -0.349 e. The van der Waals surface area contributed by atoms with Gasteiger partial charge in [-0.15, -0.1) is 0 Å². The molecule has 5 heteroatoms. The predicted molar refractivity (Wildman–Crippen MR) is 152 cm³/mol. The van der Waals surface area contributed by atoms with Gasteiger partial charge in [-0.05, 0) is 116 Å². The molecule has 40 heavy (non-hydrogen) atoms. The zero-order chi connectivity index (χ0) is 27.6. The van der Waals surface area contributed by atoms with E-state index in [4.69, 9.17) is 9.47 Å². The number of nitrogens with zero attached hydrogens (tertiary/aromatic N) is 1. The third-order valence-corrected chi connectivity index (χ3v) is 14.1. The fourth-order valence-corrected chi connectivity index (χ4v) is 12.0. The van der Waals surface area contributed by atoms with Gasteiger partial charge in [0.2, 0.25) is 0 Å². The molecule has 1 aromatic rings. The summed E-state index contributed by atoms with van der Waals surface area (Å²) in [6.07, 6.45) is 12.1. The van der Waals surface area contributed by atoms with Crippen LogP contribution in [0.4, 0.5) is 0 Å². The minimum absolute atomic E-state index is 0.0466. The predicted octanol–water partition coefficient (Wildman–Crippen LogP) is 7.10. The highest BCUT2D eigenvalue weighted by Crippen LogP contribution is 2.71. The lowest BCUT2D eigenvalue weighted by atomic mass is 9.44. The summed E-state index contributed by atoms with van der Waals surface area (Å²) in [5, 5.41) is 0. The van der Waals surface area contributed by atoms with Crippen LogP contribution in [0, 0.1) is 52.3 Å². The number of carbonyl (C=O) groups is 2. The summed E-state index contributed by atoms with van der Waals surface area (Å²) < 4.78 is 13.5. The second-order valence-corrected chi connectivity index (χ2v) is 15.6. The Morgan fingerprint density at radius 1 is 0.825 bits per heavy atom. The molecule has 216 valence electrons. The fourth-order valence-electron chi connectivity index (χ4n) is 12.0. The van der Waals surface area contributed by atoms with Gasteiger partial charge >= 0.3 is 0 Å². The van der Waals surface area contributed by atoms with E-state index >= 15 is 0 Å². The number of hydrogen-bond donors (Lipinski definition) is 0. The number of hydrogen-bond acceptors (Lipinski definition) is 4. The highest BCUT2D eigenvalue weighted by molar-refractivity contribution is 6.21. The Labute approximate surface area is 239 Å². The lowest BCUT2D eigenvalue weighted by Gasteiger charge is -2.61. The normalized spacial score (nSPS) is 51.3. The Bertz CT molecular complexity index is 1200. The number of rotatable bonds is 1. The van der Waals surface area contributed by atoms with Gasteiger partial charge in [-0.3, -0.25) is 14.5 Å². The second kappa shape index (κ2) is 8.66. The summed E-state index contributed by atoms with van der Waals surface area (Å²) >= 11 is 0. The van der Waals surface area contributed by atoms with E-state index in [1.54, 1.807) is 4.90 Å². The van der Waals surface area contributed by atoms with Crippen molar-refractivity contribution in [3.05, 3.63) is 35.4 Å². The Morgan fingerprint density at radius 3 is 2.25 bits per heavy atom. The molecule has 3 heterocycles. The Hall–Kier alpha value is -1.72. The molecule has 2 saturated heterocycles. The van der Waals surface area contributed by atoms with Crippen molar-refractivity contribution in [3.63, 3.8) is 0 Å². The van der Waals surface area contributed by atoms with Crippen LogP contribution in [-0.4, -0.2) is 41.3 Å². The first-order valence-electron chi connectivity index (χ1n) is 16.4. The molecule has 1 spiro atoms. The smallest absolute Gasteiger partial charge is 0.261 e. The van der Waals surface area contributed by atoms with E-state index in [1.165, 1.54) is 38.5 Å². The van der Waals surface area contributed by atoms with Crippen LogP contribution in [0.1, 0.15) is 113 Å². The van der Waals surface area contributed by atoms with E-state index in [2.05, 4.69) is 27.7 Å². The molecule has 4 aliphatic carbocycles. The van der Waals surface area contributed by atoms with Gasteiger partial charge in [-0.2, -0.15) is 0 Å². The third-order valence-electron chi connectivity index (χ3n) is 14.1. The molecule has 1 aromatic carbocycles. The van der Waals surface area contributed by atoms with Gasteiger partial charge in [0.15, 0.2) is 5.79 Å².